The molecule has 4 rings (SSSR count). The highest BCUT2D eigenvalue weighted by Crippen LogP contribution is 2.41. The molecule has 2 atom stereocenters. The topological polar surface area (TPSA) is 7.12 Å². The maximum atomic E-state index is 2.41. The minimum atomic E-state index is 0.486. The van der Waals surface area contributed by atoms with E-state index in [1.807, 2.05) is 23.1 Å². The average Bonchev–Trinajstić information content (AvgIpc) is 3.12. The molecule has 2 unspecified atom stereocenters. The van der Waals surface area contributed by atoms with E-state index in [1.165, 1.54) is 25.8 Å². The van der Waals surface area contributed by atoms with Crippen molar-refractivity contribution in [3.8, 4) is 0 Å². The highest BCUT2D eigenvalue weighted by atomic mass is 32.2. The fourth-order valence-corrected chi connectivity index (χ4v) is 5.84. The Morgan fingerprint density at radius 1 is 1.24 bits per heavy atom. The predicted molar refractivity (Wildman–Crippen MR) is 111 cm³/mol. The smallest absolute Gasteiger partial charge is 0.262 e. The molecular formula is C21H23N2S2+. The van der Waals surface area contributed by atoms with E-state index in [-0.39, 0.29) is 0 Å². The van der Waals surface area contributed by atoms with Gasteiger partial charge in [0.1, 0.15) is 11.7 Å². The van der Waals surface area contributed by atoms with Gasteiger partial charge in [-0.3, -0.25) is 0 Å². The summed E-state index contributed by atoms with van der Waals surface area (Å²) < 4.78 is 3.64. The number of benzene rings is 1. The molecule has 0 spiro atoms. The number of para-hydroxylation sites is 1. The third-order valence-electron chi connectivity index (χ3n) is 4.91. The Morgan fingerprint density at radius 2 is 2.04 bits per heavy atom. The number of thiazole rings is 1. The van der Waals surface area contributed by atoms with Crippen LogP contribution in [0.25, 0.3) is 16.3 Å². The van der Waals surface area contributed by atoms with Crippen LogP contribution in [-0.2, 0) is 7.05 Å². The van der Waals surface area contributed by atoms with E-state index in [2.05, 4.69) is 91.2 Å². The second-order valence-corrected chi connectivity index (χ2v) is 8.74. The fraction of sp³-hybridized carbons (Fsp3) is 0.286. The average molecular weight is 368 g/mol. The molecule has 2 aromatic rings. The molecule has 128 valence electrons. The van der Waals surface area contributed by atoms with Gasteiger partial charge < -0.3 is 4.90 Å². The Kier molecular flexibility index (Phi) is 4.57. The lowest BCUT2D eigenvalue weighted by Crippen LogP contribution is -2.29. The number of allylic oxidation sites excluding steroid dienone is 4. The first kappa shape index (κ1) is 16.7. The van der Waals surface area contributed by atoms with E-state index in [9.17, 15) is 0 Å². The standard InChI is InChI=1S/C21H23N2S2/c1-4-15(13-20-22(2)16-9-5-7-11-18(16)24-20)14-21-23(3)17-10-6-8-12-19(17)25-21/h5-14,16,18H,4H2,1-3H3/q+1. The van der Waals surface area contributed by atoms with Crippen LogP contribution in [0.3, 0.4) is 0 Å². The van der Waals surface area contributed by atoms with Crippen LogP contribution >= 0.6 is 23.1 Å². The lowest BCUT2D eigenvalue weighted by atomic mass is 10.1. The SMILES string of the molecule is CCC(=Cc1sc2ccccc2[n+]1C)C=C1SC2C=CC=CC2N1C. The largest absolute Gasteiger partial charge is 0.362 e. The molecule has 0 bridgehead atoms. The summed E-state index contributed by atoms with van der Waals surface area (Å²) in [5.74, 6) is 0. The lowest BCUT2D eigenvalue weighted by Gasteiger charge is -2.22. The third-order valence-corrected chi connectivity index (χ3v) is 7.43. The minimum absolute atomic E-state index is 0.486. The van der Waals surface area contributed by atoms with Crippen molar-refractivity contribution in [2.24, 2.45) is 7.05 Å². The molecular weight excluding hydrogens is 344 g/mol. The first-order valence-corrected chi connectivity index (χ1v) is 10.4. The molecule has 1 aliphatic carbocycles. The Morgan fingerprint density at radius 3 is 2.80 bits per heavy atom. The van der Waals surface area contributed by atoms with Gasteiger partial charge in [0.2, 0.25) is 5.52 Å². The van der Waals surface area contributed by atoms with Crippen LogP contribution in [0, 0.1) is 0 Å². The van der Waals surface area contributed by atoms with Crippen molar-refractivity contribution in [1.29, 1.82) is 0 Å². The number of thioether (sulfide) groups is 1. The quantitative estimate of drug-likeness (QED) is 0.712. The number of nitrogens with zero attached hydrogens (tertiary/aromatic N) is 2. The maximum Gasteiger partial charge on any atom is 0.262 e. The second kappa shape index (κ2) is 6.85. The van der Waals surface area contributed by atoms with Gasteiger partial charge in [-0.25, -0.2) is 0 Å². The van der Waals surface area contributed by atoms with E-state index < -0.39 is 0 Å². The molecule has 1 saturated heterocycles. The van der Waals surface area contributed by atoms with Gasteiger partial charge in [-0.1, -0.05) is 66.5 Å². The summed E-state index contributed by atoms with van der Waals surface area (Å²) >= 11 is 3.83. The van der Waals surface area contributed by atoms with E-state index in [0.29, 0.717) is 11.3 Å². The molecule has 0 N–H and O–H groups in total. The molecule has 4 heteroatoms. The van der Waals surface area contributed by atoms with Crippen molar-refractivity contribution in [1.82, 2.24) is 4.90 Å². The zero-order chi connectivity index (χ0) is 17.4. The number of likely N-dealkylation sites (N-methyl/N-ethyl adjacent to an activating group) is 1. The van der Waals surface area contributed by atoms with E-state index in [1.54, 1.807) is 0 Å². The van der Waals surface area contributed by atoms with Crippen molar-refractivity contribution in [3.05, 3.63) is 70.3 Å². The van der Waals surface area contributed by atoms with Gasteiger partial charge in [0.15, 0.2) is 0 Å². The minimum Gasteiger partial charge on any atom is -0.362 e. The van der Waals surface area contributed by atoms with Crippen LogP contribution in [0.1, 0.15) is 18.4 Å². The highest BCUT2D eigenvalue weighted by molar-refractivity contribution is 8.04. The van der Waals surface area contributed by atoms with Crippen LogP contribution in [0.2, 0.25) is 0 Å². The lowest BCUT2D eigenvalue weighted by molar-refractivity contribution is -0.642. The number of aromatic nitrogens is 1. The van der Waals surface area contributed by atoms with Crippen molar-refractivity contribution in [3.63, 3.8) is 0 Å². The van der Waals surface area contributed by atoms with Gasteiger partial charge in [0.25, 0.3) is 5.01 Å². The van der Waals surface area contributed by atoms with E-state index in [4.69, 9.17) is 0 Å². The molecule has 1 aromatic heterocycles. The van der Waals surface area contributed by atoms with Gasteiger partial charge in [0.05, 0.1) is 16.3 Å². The first-order valence-electron chi connectivity index (χ1n) is 8.71. The van der Waals surface area contributed by atoms with Crippen LogP contribution in [0.15, 0.2) is 65.2 Å². The van der Waals surface area contributed by atoms with Gasteiger partial charge in [-0.2, -0.15) is 4.57 Å². The van der Waals surface area contributed by atoms with Crippen LogP contribution in [-0.4, -0.2) is 23.2 Å². The van der Waals surface area contributed by atoms with Crippen molar-refractivity contribution < 1.29 is 4.57 Å². The van der Waals surface area contributed by atoms with Gasteiger partial charge in [0, 0.05) is 19.2 Å². The normalized spacial score (nSPS) is 24.5. The maximum absolute atomic E-state index is 2.41. The fourth-order valence-electron chi connectivity index (χ4n) is 3.35. The molecule has 2 nitrogen and oxygen atoms in total. The molecule has 1 aliphatic heterocycles. The van der Waals surface area contributed by atoms with Crippen LogP contribution in [0.4, 0.5) is 0 Å². The molecule has 25 heavy (non-hydrogen) atoms. The Labute approximate surface area is 157 Å². The van der Waals surface area contributed by atoms with Crippen LogP contribution in [0.5, 0.6) is 0 Å². The molecule has 0 saturated carbocycles. The van der Waals surface area contributed by atoms with Crippen LogP contribution < -0.4 is 4.57 Å². The highest BCUT2D eigenvalue weighted by Gasteiger charge is 2.33. The first-order chi connectivity index (χ1) is 12.2. The van der Waals surface area contributed by atoms with E-state index >= 15 is 0 Å². The summed E-state index contributed by atoms with van der Waals surface area (Å²) in [5.41, 5.74) is 2.68. The Balaban J connectivity index is 1.68. The van der Waals surface area contributed by atoms with Crippen molar-refractivity contribution in [2.45, 2.75) is 24.6 Å². The summed E-state index contributed by atoms with van der Waals surface area (Å²) in [6, 6.07) is 9.10. The number of aryl methyl sites for hydroxylation is 1. The summed E-state index contributed by atoms with van der Waals surface area (Å²) in [4.78, 5) is 2.41. The zero-order valence-electron chi connectivity index (χ0n) is 14.8. The Bertz CT molecular complexity index is 917. The number of hydrogen-bond acceptors (Lipinski definition) is 3. The summed E-state index contributed by atoms with van der Waals surface area (Å²) in [6.45, 7) is 2.24. The number of fused-ring (bicyclic) bond motifs is 2. The predicted octanol–water partition coefficient (Wildman–Crippen LogP) is 4.90. The Hall–Kier alpha value is -1.78. The van der Waals surface area contributed by atoms with Gasteiger partial charge >= 0.3 is 0 Å². The third kappa shape index (κ3) is 3.09. The monoisotopic (exact) mass is 367 g/mol. The van der Waals surface area contributed by atoms with Crippen molar-refractivity contribution >= 4 is 39.4 Å². The van der Waals surface area contributed by atoms with Gasteiger partial charge in [-0.15, -0.1) is 0 Å². The summed E-state index contributed by atoms with van der Waals surface area (Å²) in [6.07, 6.45) is 14.7. The summed E-state index contributed by atoms with van der Waals surface area (Å²) in [5, 5.41) is 3.21. The molecule has 2 aliphatic rings. The number of rotatable bonds is 3. The summed E-state index contributed by atoms with van der Waals surface area (Å²) in [7, 11) is 4.37. The number of hydrogen-bond donors (Lipinski definition) is 0. The second-order valence-electron chi connectivity index (χ2n) is 6.48. The molecule has 2 heterocycles. The molecule has 1 aromatic carbocycles. The molecule has 1 fully saturated rings. The van der Waals surface area contributed by atoms with Crippen molar-refractivity contribution in [2.75, 3.05) is 7.05 Å². The van der Waals surface area contributed by atoms with E-state index in [0.717, 1.165) is 6.42 Å². The molecule has 0 amide bonds. The van der Waals surface area contributed by atoms with Gasteiger partial charge in [-0.05, 0) is 24.1 Å². The zero-order valence-corrected chi connectivity index (χ0v) is 16.5. The molecule has 0 radical (unpaired) electrons.